The standard InChI is InChI=1S/C14H15F2N5O/c1-9-19-20-14(22-9)8-21-12-5-10(3-2-4-13(15)16)6-17-11(12)7-18-21/h5-7,13H,2-4,8H2,1H3. The normalized spacial score (nSPS) is 11.6. The Labute approximate surface area is 125 Å². The first-order valence-electron chi connectivity index (χ1n) is 6.99. The predicted octanol–water partition coefficient (Wildman–Crippen LogP) is 2.76. The minimum atomic E-state index is -2.26. The molecule has 0 N–H and O–H groups in total. The number of hydrogen-bond donors (Lipinski definition) is 0. The molecule has 0 aromatic carbocycles. The average molecular weight is 307 g/mol. The minimum absolute atomic E-state index is 0.0987. The van der Waals surface area contributed by atoms with Gasteiger partial charge < -0.3 is 4.42 Å². The summed E-state index contributed by atoms with van der Waals surface area (Å²) in [4.78, 5) is 4.31. The fourth-order valence-corrected chi connectivity index (χ4v) is 2.25. The maximum atomic E-state index is 12.2. The lowest BCUT2D eigenvalue weighted by atomic mass is 10.1. The van der Waals surface area contributed by atoms with Gasteiger partial charge in [-0.1, -0.05) is 0 Å². The van der Waals surface area contributed by atoms with E-state index in [9.17, 15) is 8.78 Å². The van der Waals surface area contributed by atoms with Crippen LogP contribution in [0, 0.1) is 6.92 Å². The zero-order valence-corrected chi connectivity index (χ0v) is 12.0. The Bertz CT molecular complexity index is 768. The highest BCUT2D eigenvalue weighted by Gasteiger charge is 2.10. The molecule has 8 heteroatoms. The van der Waals surface area contributed by atoms with E-state index in [1.54, 1.807) is 24.0 Å². The van der Waals surface area contributed by atoms with Crippen molar-refractivity contribution in [3.8, 4) is 0 Å². The maximum Gasteiger partial charge on any atom is 0.238 e. The molecule has 0 amide bonds. The molecule has 0 saturated carbocycles. The van der Waals surface area contributed by atoms with E-state index < -0.39 is 6.43 Å². The van der Waals surface area contributed by atoms with Crippen LogP contribution in [0.3, 0.4) is 0 Å². The van der Waals surface area contributed by atoms with Gasteiger partial charge in [0.25, 0.3) is 0 Å². The Morgan fingerprint density at radius 3 is 2.86 bits per heavy atom. The molecule has 0 radical (unpaired) electrons. The van der Waals surface area contributed by atoms with E-state index in [-0.39, 0.29) is 6.42 Å². The molecule has 0 fully saturated rings. The van der Waals surface area contributed by atoms with Crippen molar-refractivity contribution >= 4 is 11.0 Å². The SMILES string of the molecule is Cc1nnc(Cn2ncc3ncc(CCCC(F)F)cc32)o1. The highest BCUT2D eigenvalue weighted by Crippen LogP contribution is 2.16. The van der Waals surface area contributed by atoms with E-state index in [2.05, 4.69) is 20.3 Å². The van der Waals surface area contributed by atoms with Gasteiger partial charge in [-0.25, -0.2) is 8.78 Å². The molecule has 3 rings (SSSR count). The van der Waals surface area contributed by atoms with Gasteiger partial charge in [0, 0.05) is 19.5 Å². The quantitative estimate of drug-likeness (QED) is 0.700. The number of nitrogens with zero attached hydrogens (tertiary/aromatic N) is 5. The van der Waals surface area contributed by atoms with Crippen LogP contribution >= 0.6 is 0 Å². The van der Waals surface area contributed by atoms with Gasteiger partial charge >= 0.3 is 0 Å². The van der Waals surface area contributed by atoms with Crippen LogP contribution in [0.2, 0.25) is 0 Å². The van der Waals surface area contributed by atoms with E-state index in [0.29, 0.717) is 31.2 Å². The van der Waals surface area contributed by atoms with Gasteiger partial charge in [-0.2, -0.15) is 5.10 Å². The van der Waals surface area contributed by atoms with E-state index >= 15 is 0 Å². The summed E-state index contributed by atoms with van der Waals surface area (Å²) in [5.41, 5.74) is 2.48. The summed E-state index contributed by atoms with van der Waals surface area (Å²) in [5.74, 6) is 0.961. The summed E-state index contributed by atoms with van der Waals surface area (Å²) in [6.07, 6.45) is 2.00. The summed E-state index contributed by atoms with van der Waals surface area (Å²) in [7, 11) is 0. The molecule has 0 bridgehead atoms. The van der Waals surface area contributed by atoms with Crippen LogP contribution in [0.1, 0.15) is 30.2 Å². The summed E-state index contributed by atoms with van der Waals surface area (Å²) >= 11 is 0. The molecule has 3 heterocycles. The van der Waals surface area contributed by atoms with Crippen LogP contribution in [-0.4, -0.2) is 31.4 Å². The Morgan fingerprint density at radius 1 is 1.27 bits per heavy atom. The van der Waals surface area contributed by atoms with Crippen LogP contribution < -0.4 is 0 Å². The lowest BCUT2D eigenvalue weighted by molar-refractivity contribution is 0.135. The van der Waals surface area contributed by atoms with Crippen LogP contribution in [0.4, 0.5) is 8.78 Å². The highest BCUT2D eigenvalue weighted by molar-refractivity contribution is 5.74. The number of pyridine rings is 1. The third kappa shape index (κ3) is 3.26. The van der Waals surface area contributed by atoms with Crippen molar-refractivity contribution in [2.45, 2.75) is 39.2 Å². The van der Waals surface area contributed by atoms with Crippen LogP contribution in [0.25, 0.3) is 11.0 Å². The zero-order chi connectivity index (χ0) is 15.5. The minimum Gasteiger partial charge on any atom is -0.424 e. The molecule has 6 nitrogen and oxygen atoms in total. The lowest BCUT2D eigenvalue weighted by Crippen LogP contribution is -2.02. The van der Waals surface area contributed by atoms with Crippen LogP contribution in [0.5, 0.6) is 0 Å². The predicted molar refractivity (Wildman–Crippen MR) is 74.6 cm³/mol. The second-order valence-corrected chi connectivity index (χ2v) is 5.05. The van der Waals surface area contributed by atoms with Crippen molar-refractivity contribution in [3.63, 3.8) is 0 Å². The number of aromatic nitrogens is 5. The second kappa shape index (κ2) is 6.17. The lowest BCUT2D eigenvalue weighted by Gasteiger charge is -2.03. The molecule has 0 aliphatic heterocycles. The van der Waals surface area contributed by atoms with E-state index in [4.69, 9.17) is 4.42 Å². The number of halogens is 2. The highest BCUT2D eigenvalue weighted by atomic mass is 19.3. The molecule has 0 aliphatic carbocycles. The Balaban J connectivity index is 1.79. The molecular formula is C14H15F2N5O. The van der Waals surface area contributed by atoms with Crippen LogP contribution in [0.15, 0.2) is 22.9 Å². The first-order valence-corrected chi connectivity index (χ1v) is 6.99. The molecule has 22 heavy (non-hydrogen) atoms. The fourth-order valence-electron chi connectivity index (χ4n) is 2.25. The largest absolute Gasteiger partial charge is 0.424 e. The molecule has 3 aromatic heterocycles. The molecule has 3 aromatic rings. The van der Waals surface area contributed by atoms with Crippen molar-refractivity contribution < 1.29 is 13.2 Å². The fraction of sp³-hybridized carbons (Fsp3) is 0.429. The van der Waals surface area contributed by atoms with Gasteiger partial charge in [0.05, 0.1) is 11.7 Å². The van der Waals surface area contributed by atoms with E-state index in [1.807, 2.05) is 6.07 Å². The first-order chi connectivity index (χ1) is 10.6. The van der Waals surface area contributed by atoms with Crippen LogP contribution in [-0.2, 0) is 13.0 Å². The van der Waals surface area contributed by atoms with Gasteiger partial charge in [0.15, 0.2) is 0 Å². The monoisotopic (exact) mass is 307 g/mol. The van der Waals surface area contributed by atoms with Gasteiger partial charge in [-0.05, 0) is 24.5 Å². The van der Waals surface area contributed by atoms with Crippen molar-refractivity contribution in [3.05, 3.63) is 35.8 Å². The third-order valence-electron chi connectivity index (χ3n) is 3.29. The molecule has 0 aliphatic rings. The summed E-state index contributed by atoms with van der Waals surface area (Å²) in [5, 5.41) is 12.0. The average Bonchev–Trinajstić information content (AvgIpc) is 3.06. The summed E-state index contributed by atoms with van der Waals surface area (Å²) < 4.78 is 31.4. The summed E-state index contributed by atoms with van der Waals surface area (Å²) in [6, 6.07) is 1.92. The van der Waals surface area contributed by atoms with E-state index in [0.717, 1.165) is 16.6 Å². The number of rotatable bonds is 6. The Morgan fingerprint density at radius 2 is 2.14 bits per heavy atom. The van der Waals surface area contributed by atoms with Gasteiger partial charge in [0.2, 0.25) is 18.2 Å². The van der Waals surface area contributed by atoms with Gasteiger partial charge in [-0.15, -0.1) is 10.2 Å². The topological polar surface area (TPSA) is 69.6 Å². The number of alkyl halides is 2. The van der Waals surface area contributed by atoms with Gasteiger partial charge in [0.1, 0.15) is 12.1 Å². The van der Waals surface area contributed by atoms with Gasteiger partial charge in [-0.3, -0.25) is 9.67 Å². The number of aryl methyl sites for hydroxylation is 2. The molecular weight excluding hydrogens is 292 g/mol. The summed E-state index contributed by atoms with van der Waals surface area (Å²) in [6.45, 7) is 2.08. The molecule has 0 unspecified atom stereocenters. The number of hydrogen-bond acceptors (Lipinski definition) is 5. The third-order valence-corrected chi connectivity index (χ3v) is 3.29. The second-order valence-electron chi connectivity index (χ2n) is 5.05. The zero-order valence-electron chi connectivity index (χ0n) is 12.0. The molecule has 0 spiro atoms. The Kier molecular flexibility index (Phi) is 4.08. The molecule has 116 valence electrons. The number of fused-ring (bicyclic) bond motifs is 1. The van der Waals surface area contributed by atoms with Crippen molar-refractivity contribution in [1.82, 2.24) is 25.0 Å². The maximum absolute atomic E-state index is 12.2. The molecule has 0 atom stereocenters. The van der Waals surface area contributed by atoms with E-state index in [1.165, 1.54) is 0 Å². The van der Waals surface area contributed by atoms with Crippen molar-refractivity contribution in [2.24, 2.45) is 0 Å². The first kappa shape index (κ1) is 14.6. The van der Waals surface area contributed by atoms with Crippen molar-refractivity contribution in [1.29, 1.82) is 0 Å². The van der Waals surface area contributed by atoms with Crippen molar-refractivity contribution in [2.75, 3.05) is 0 Å². The molecule has 0 saturated heterocycles. The smallest absolute Gasteiger partial charge is 0.238 e. The Hall–Kier alpha value is -2.38.